The number of hydrogen-bond donors (Lipinski definition) is 1. The molecule has 1 atom stereocenters. The fourth-order valence-electron chi connectivity index (χ4n) is 3.83. The van der Waals surface area contributed by atoms with E-state index < -0.39 is 28.4 Å². The maximum Gasteiger partial charge on any atom is 0.290 e. The van der Waals surface area contributed by atoms with Gasteiger partial charge in [0.15, 0.2) is 11.5 Å². The van der Waals surface area contributed by atoms with Gasteiger partial charge in [0.2, 0.25) is 0 Å². The number of nitro benzene ring substituents is 1. The summed E-state index contributed by atoms with van der Waals surface area (Å²) in [6.45, 7) is 0.121. The number of ketones is 1. The zero-order valence-corrected chi connectivity index (χ0v) is 17.5. The number of aliphatic hydroxyl groups is 1. The van der Waals surface area contributed by atoms with Crippen molar-refractivity contribution < 1.29 is 19.6 Å². The molecule has 1 N–H and O–H groups in total. The molecule has 0 saturated carbocycles. The summed E-state index contributed by atoms with van der Waals surface area (Å²) >= 11 is 0. The minimum atomic E-state index is -0.967. The molecule has 0 radical (unpaired) electrons. The molecule has 1 amide bonds. The highest BCUT2D eigenvalue weighted by molar-refractivity contribution is 6.14. The number of carbonyl (C=O) groups excluding carboxylic acids is 2. The van der Waals surface area contributed by atoms with E-state index in [0.717, 1.165) is 11.1 Å². The Labute approximate surface area is 190 Å². The first-order chi connectivity index (χ1) is 16.0. The lowest BCUT2D eigenvalue weighted by atomic mass is 9.95. The van der Waals surface area contributed by atoms with Crippen molar-refractivity contribution in [2.24, 2.45) is 0 Å². The monoisotopic (exact) mass is 440 g/mol. The minimum absolute atomic E-state index is 0.108. The summed E-state index contributed by atoms with van der Waals surface area (Å²) < 4.78 is 0. The van der Waals surface area contributed by atoms with Crippen LogP contribution in [0.15, 0.2) is 102 Å². The quantitative estimate of drug-likeness (QED) is 0.324. The molecule has 0 bridgehead atoms. The third kappa shape index (κ3) is 4.57. The fraction of sp³-hybridized carbons (Fsp3) is 0.0769. The second kappa shape index (κ2) is 9.32. The standard InChI is InChI=1S/C26H20N2O5/c29-22(15-14-18-8-3-1-4-9-18)23-24(20-12-7-13-21(16-20)28(32)33)27(26(31)25(23)30)17-19-10-5-2-6-11-19/h1-16,24,30H,17H2. The Morgan fingerprint density at radius 1 is 1.00 bits per heavy atom. The first-order valence-electron chi connectivity index (χ1n) is 10.3. The number of nitrogens with zero attached hydrogens (tertiary/aromatic N) is 2. The molecule has 1 aliphatic heterocycles. The van der Waals surface area contributed by atoms with Crippen LogP contribution < -0.4 is 0 Å². The van der Waals surface area contributed by atoms with Crippen molar-refractivity contribution in [1.82, 2.24) is 4.90 Å². The number of carbonyl (C=O) groups is 2. The Morgan fingerprint density at radius 3 is 2.33 bits per heavy atom. The van der Waals surface area contributed by atoms with Gasteiger partial charge in [0, 0.05) is 18.7 Å². The molecule has 4 rings (SSSR count). The van der Waals surface area contributed by atoms with E-state index in [-0.39, 0.29) is 17.8 Å². The van der Waals surface area contributed by atoms with Crippen LogP contribution in [0.3, 0.4) is 0 Å². The van der Waals surface area contributed by atoms with Gasteiger partial charge in [0.25, 0.3) is 11.6 Å². The van der Waals surface area contributed by atoms with Crippen LogP contribution in [0, 0.1) is 10.1 Å². The summed E-state index contributed by atoms with van der Waals surface area (Å²) in [5, 5.41) is 22.0. The van der Waals surface area contributed by atoms with Gasteiger partial charge >= 0.3 is 0 Å². The van der Waals surface area contributed by atoms with E-state index in [0.29, 0.717) is 5.56 Å². The second-order valence-electron chi connectivity index (χ2n) is 7.54. The molecule has 0 spiro atoms. The summed E-state index contributed by atoms with van der Waals surface area (Å²) in [4.78, 5) is 38.3. The zero-order valence-electron chi connectivity index (χ0n) is 17.5. The largest absolute Gasteiger partial charge is 0.503 e. The number of rotatable bonds is 7. The Morgan fingerprint density at radius 2 is 1.67 bits per heavy atom. The Kier molecular flexibility index (Phi) is 6.13. The molecular weight excluding hydrogens is 420 g/mol. The maximum atomic E-state index is 13.2. The van der Waals surface area contributed by atoms with Gasteiger partial charge in [-0.25, -0.2) is 0 Å². The summed E-state index contributed by atoms with van der Waals surface area (Å²) in [5.74, 6) is -1.89. The van der Waals surface area contributed by atoms with Crippen LogP contribution in [0.5, 0.6) is 0 Å². The average Bonchev–Trinajstić information content (AvgIpc) is 3.09. The van der Waals surface area contributed by atoms with Gasteiger partial charge in [-0.15, -0.1) is 0 Å². The molecule has 3 aromatic carbocycles. The van der Waals surface area contributed by atoms with E-state index in [1.165, 1.54) is 29.2 Å². The molecule has 7 nitrogen and oxygen atoms in total. The highest BCUT2D eigenvalue weighted by Crippen LogP contribution is 2.39. The van der Waals surface area contributed by atoms with Crippen LogP contribution in [-0.4, -0.2) is 26.6 Å². The third-order valence-corrected chi connectivity index (χ3v) is 5.39. The van der Waals surface area contributed by atoms with Gasteiger partial charge in [-0.05, 0) is 22.8 Å². The number of allylic oxidation sites excluding steroid dienone is 1. The van der Waals surface area contributed by atoms with E-state index >= 15 is 0 Å². The highest BCUT2D eigenvalue weighted by Gasteiger charge is 2.43. The molecule has 0 saturated heterocycles. The predicted octanol–water partition coefficient (Wildman–Crippen LogP) is 4.77. The lowest BCUT2D eigenvalue weighted by molar-refractivity contribution is -0.384. The van der Waals surface area contributed by atoms with Crippen LogP contribution in [0.25, 0.3) is 6.08 Å². The van der Waals surface area contributed by atoms with Crippen LogP contribution in [0.1, 0.15) is 22.7 Å². The number of non-ortho nitro benzene ring substituents is 1. The second-order valence-corrected chi connectivity index (χ2v) is 7.54. The van der Waals surface area contributed by atoms with Crippen molar-refractivity contribution in [3.8, 4) is 0 Å². The van der Waals surface area contributed by atoms with Crippen molar-refractivity contribution in [1.29, 1.82) is 0 Å². The molecule has 1 unspecified atom stereocenters. The fourth-order valence-corrected chi connectivity index (χ4v) is 3.83. The minimum Gasteiger partial charge on any atom is -0.503 e. The van der Waals surface area contributed by atoms with Gasteiger partial charge < -0.3 is 10.0 Å². The molecule has 1 aliphatic rings. The molecule has 0 fully saturated rings. The van der Waals surface area contributed by atoms with Crippen LogP contribution in [0.4, 0.5) is 5.69 Å². The summed E-state index contributed by atoms with van der Waals surface area (Å²) in [5.41, 5.74) is 1.67. The molecule has 3 aromatic rings. The van der Waals surface area contributed by atoms with E-state index in [9.17, 15) is 24.8 Å². The molecule has 33 heavy (non-hydrogen) atoms. The van der Waals surface area contributed by atoms with E-state index in [1.807, 2.05) is 60.7 Å². The van der Waals surface area contributed by atoms with Crippen molar-refractivity contribution in [2.75, 3.05) is 0 Å². The van der Waals surface area contributed by atoms with Crippen LogP contribution in [0.2, 0.25) is 0 Å². The Hall–Kier alpha value is -4.52. The van der Waals surface area contributed by atoms with Crippen LogP contribution in [-0.2, 0) is 16.1 Å². The summed E-state index contributed by atoms with van der Waals surface area (Å²) in [6.07, 6.45) is 2.89. The van der Waals surface area contributed by atoms with E-state index in [4.69, 9.17) is 0 Å². The summed E-state index contributed by atoms with van der Waals surface area (Å²) in [7, 11) is 0. The molecule has 164 valence electrons. The van der Waals surface area contributed by atoms with Crippen molar-refractivity contribution in [3.05, 3.63) is 129 Å². The number of amides is 1. The van der Waals surface area contributed by atoms with Gasteiger partial charge in [-0.1, -0.05) is 78.9 Å². The predicted molar refractivity (Wildman–Crippen MR) is 123 cm³/mol. The van der Waals surface area contributed by atoms with Gasteiger partial charge in [-0.3, -0.25) is 19.7 Å². The van der Waals surface area contributed by atoms with Crippen molar-refractivity contribution in [3.63, 3.8) is 0 Å². The first kappa shape index (κ1) is 21.7. The van der Waals surface area contributed by atoms with Crippen molar-refractivity contribution >= 4 is 23.5 Å². The third-order valence-electron chi connectivity index (χ3n) is 5.39. The normalized spacial score (nSPS) is 15.9. The molecule has 0 aliphatic carbocycles. The number of aliphatic hydroxyl groups excluding tert-OH is 1. The smallest absolute Gasteiger partial charge is 0.290 e. The number of nitro groups is 1. The van der Waals surface area contributed by atoms with Gasteiger partial charge in [0.05, 0.1) is 16.5 Å². The molecule has 7 heteroatoms. The zero-order chi connectivity index (χ0) is 23.4. The van der Waals surface area contributed by atoms with E-state index in [2.05, 4.69) is 0 Å². The molecule has 1 heterocycles. The van der Waals surface area contributed by atoms with Gasteiger partial charge in [0.1, 0.15) is 0 Å². The Balaban J connectivity index is 1.76. The first-order valence-corrected chi connectivity index (χ1v) is 10.3. The maximum absolute atomic E-state index is 13.2. The summed E-state index contributed by atoms with van der Waals surface area (Å²) in [6, 6.07) is 23.1. The lowest BCUT2D eigenvalue weighted by Gasteiger charge is -2.26. The number of hydrogen-bond acceptors (Lipinski definition) is 5. The van der Waals surface area contributed by atoms with Crippen LogP contribution >= 0.6 is 0 Å². The topological polar surface area (TPSA) is 101 Å². The SMILES string of the molecule is O=C(C=Cc1ccccc1)C1=C(O)C(=O)N(Cc2ccccc2)C1c1cccc([N+](=O)[O-])c1. The lowest BCUT2D eigenvalue weighted by Crippen LogP contribution is -2.30. The highest BCUT2D eigenvalue weighted by atomic mass is 16.6. The molecular formula is C26H20N2O5. The van der Waals surface area contributed by atoms with Crippen molar-refractivity contribution in [2.45, 2.75) is 12.6 Å². The Bertz CT molecular complexity index is 1270. The number of benzene rings is 3. The van der Waals surface area contributed by atoms with E-state index in [1.54, 1.807) is 12.1 Å². The van der Waals surface area contributed by atoms with Gasteiger partial charge in [-0.2, -0.15) is 0 Å². The average molecular weight is 440 g/mol. The molecule has 0 aromatic heterocycles.